The zero-order valence-corrected chi connectivity index (χ0v) is 11.9. The molecule has 1 aliphatic heterocycles. The first-order valence-electron chi connectivity index (χ1n) is 7.38. The lowest BCUT2D eigenvalue weighted by molar-refractivity contribution is 0.211. The van der Waals surface area contributed by atoms with Crippen LogP contribution in [-0.2, 0) is 0 Å². The molecule has 1 aliphatic rings. The van der Waals surface area contributed by atoms with Crippen LogP contribution in [0.25, 0.3) is 0 Å². The minimum atomic E-state index is 1.15. The van der Waals surface area contributed by atoms with Gasteiger partial charge in [-0.25, -0.2) is 0 Å². The van der Waals surface area contributed by atoms with Crippen LogP contribution >= 0.6 is 0 Å². The Morgan fingerprint density at radius 3 is 2.41 bits per heavy atom. The molecule has 1 fully saturated rings. The second-order valence-electron chi connectivity index (χ2n) is 5.37. The summed E-state index contributed by atoms with van der Waals surface area (Å²) in [7, 11) is 4.29. The Bertz CT molecular complexity index is 167. The molecule has 0 aromatic carbocycles. The predicted octanol–water partition coefficient (Wildman–Crippen LogP) is 1.79. The van der Waals surface area contributed by atoms with Crippen LogP contribution in [0.15, 0.2) is 0 Å². The molecule has 17 heavy (non-hydrogen) atoms. The van der Waals surface area contributed by atoms with E-state index < -0.39 is 0 Å². The molecule has 0 aromatic heterocycles. The predicted molar refractivity (Wildman–Crippen MR) is 75.6 cm³/mol. The van der Waals surface area contributed by atoms with Crippen molar-refractivity contribution in [2.24, 2.45) is 0 Å². The SMILES string of the molecule is CNCCCCN(C)CCCN1CCCCC1. The molecule has 0 atom stereocenters. The van der Waals surface area contributed by atoms with Crippen molar-refractivity contribution in [3.63, 3.8) is 0 Å². The fraction of sp³-hybridized carbons (Fsp3) is 1.00. The largest absolute Gasteiger partial charge is 0.320 e. The van der Waals surface area contributed by atoms with Crippen molar-refractivity contribution in [2.45, 2.75) is 38.5 Å². The number of rotatable bonds is 9. The van der Waals surface area contributed by atoms with E-state index in [0.717, 1.165) is 6.54 Å². The fourth-order valence-electron chi connectivity index (χ4n) is 2.54. The molecule has 3 heteroatoms. The number of nitrogens with zero attached hydrogens (tertiary/aromatic N) is 2. The quantitative estimate of drug-likeness (QED) is 0.621. The van der Waals surface area contributed by atoms with Crippen molar-refractivity contribution in [2.75, 3.05) is 53.4 Å². The van der Waals surface area contributed by atoms with Gasteiger partial charge in [0.05, 0.1) is 0 Å². The molecule has 1 rings (SSSR count). The van der Waals surface area contributed by atoms with Crippen LogP contribution in [-0.4, -0.2) is 63.2 Å². The Kier molecular flexibility index (Phi) is 8.67. The molecule has 0 bridgehead atoms. The third kappa shape index (κ3) is 7.74. The Labute approximate surface area is 108 Å². The Morgan fingerprint density at radius 1 is 1.00 bits per heavy atom. The molecule has 1 saturated heterocycles. The number of piperidine rings is 1. The second-order valence-corrected chi connectivity index (χ2v) is 5.37. The highest BCUT2D eigenvalue weighted by Gasteiger charge is 2.09. The summed E-state index contributed by atoms with van der Waals surface area (Å²) in [6, 6.07) is 0. The van der Waals surface area contributed by atoms with Gasteiger partial charge < -0.3 is 15.1 Å². The van der Waals surface area contributed by atoms with Crippen LogP contribution in [0.5, 0.6) is 0 Å². The van der Waals surface area contributed by atoms with Crippen LogP contribution in [0.4, 0.5) is 0 Å². The summed E-state index contributed by atoms with van der Waals surface area (Å²) in [6.45, 7) is 7.65. The van der Waals surface area contributed by atoms with Gasteiger partial charge in [-0.1, -0.05) is 6.42 Å². The van der Waals surface area contributed by atoms with Gasteiger partial charge in [0.2, 0.25) is 0 Å². The molecule has 0 aliphatic carbocycles. The normalized spacial score (nSPS) is 17.8. The maximum Gasteiger partial charge on any atom is -0.000655 e. The van der Waals surface area contributed by atoms with E-state index in [0.29, 0.717) is 0 Å². The standard InChI is InChI=1S/C14H31N3/c1-15-9-4-7-10-16(2)11-8-14-17-12-5-3-6-13-17/h15H,3-14H2,1-2H3. The number of likely N-dealkylation sites (tertiary alicyclic amines) is 1. The van der Waals surface area contributed by atoms with E-state index in [1.54, 1.807) is 0 Å². The molecule has 0 saturated carbocycles. The maximum atomic E-state index is 3.20. The molecular formula is C14H31N3. The van der Waals surface area contributed by atoms with E-state index >= 15 is 0 Å². The molecule has 0 spiro atoms. The van der Waals surface area contributed by atoms with Gasteiger partial charge in [-0.15, -0.1) is 0 Å². The summed E-state index contributed by atoms with van der Waals surface area (Å²) < 4.78 is 0. The van der Waals surface area contributed by atoms with Crippen LogP contribution in [0, 0.1) is 0 Å². The first kappa shape index (κ1) is 14.9. The van der Waals surface area contributed by atoms with Gasteiger partial charge in [0.1, 0.15) is 0 Å². The van der Waals surface area contributed by atoms with Crippen LogP contribution in [0.3, 0.4) is 0 Å². The zero-order chi connectivity index (χ0) is 12.3. The van der Waals surface area contributed by atoms with Crippen molar-refractivity contribution in [3.8, 4) is 0 Å². The van der Waals surface area contributed by atoms with Crippen molar-refractivity contribution < 1.29 is 0 Å². The highest BCUT2D eigenvalue weighted by Crippen LogP contribution is 2.08. The van der Waals surface area contributed by atoms with E-state index in [1.165, 1.54) is 71.2 Å². The summed E-state index contributed by atoms with van der Waals surface area (Å²) in [5.41, 5.74) is 0. The number of hydrogen-bond donors (Lipinski definition) is 1. The molecule has 0 radical (unpaired) electrons. The van der Waals surface area contributed by atoms with Crippen LogP contribution in [0.1, 0.15) is 38.5 Å². The molecule has 1 heterocycles. The van der Waals surface area contributed by atoms with Gasteiger partial charge in [0.25, 0.3) is 0 Å². The van der Waals surface area contributed by atoms with E-state index in [2.05, 4.69) is 22.2 Å². The van der Waals surface area contributed by atoms with Crippen molar-refractivity contribution in [1.82, 2.24) is 15.1 Å². The first-order valence-corrected chi connectivity index (χ1v) is 7.38. The third-order valence-electron chi connectivity index (χ3n) is 3.68. The van der Waals surface area contributed by atoms with Crippen LogP contribution < -0.4 is 5.32 Å². The average Bonchev–Trinajstić information content (AvgIpc) is 2.36. The summed E-state index contributed by atoms with van der Waals surface area (Å²) in [6.07, 6.45) is 8.23. The van der Waals surface area contributed by atoms with Crippen molar-refractivity contribution in [1.29, 1.82) is 0 Å². The minimum Gasteiger partial charge on any atom is -0.320 e. The number of nitrogens with one attached hydrogen (secondary N) is 1. The summed E-state index contributed by atoms with van der Waals surface area (Å²) in [4.78, 5) is 5.12. The van der Waals surface area contributed by atoms with E-state index in [4.69, 9.17) is 0 Å². The molecule has 0 aromatic rings. The van der Waals surface area contributed by atoms with Gasteiger partial charge in [-0.2, -0.15) is 0 Å². The first-order chi connectivity index (χ1) is 8.33. The Hall–Kier alpha value is -0.120. The smallest absolute Gasteiger partial charge is 0.000655 e. The highest BCUT2D eigenvalue weighted by atomic mass is 15.1. The zero-order valence-electron chi connectivity index (χ0n) is 11.9. The number of unbranched alkanes of at least 4 members (excludes halogenated alkanes) is 1. The van der Waals surface area contributed by atoms with E-state index in [-0.39, 0.29) is 0 Å². The molecular weight excluding hydrogens is 210 g/mol. The van der Waals surface area contributed by atoms with Gasteiger partial charge in [-0.3, -0.25) is 0 Å². The second kappa shape index (κ2) is 9.86. The van der Waals surface area contributed by atoms with Gasteiger partial charge in [-0.05, 0) is 85.5 Å². The summed E-state index contributed by atoms with van der Waals surface area (Å²) >= 11 is 0. The van der Waals surface area contributed by atoms with E-state index in [1.807, 2.05) is 7.05 Å². The topological polar surface area (TPSA) is 18.5 Å². The minimum absolute atomic E-state index is 1.15. The lowest BCUT2D eigenvalue weighted by atomic mass is 10.1. The van der Waals surface area contributed by atoms with Gasteiger partial charge in [0.15, 0.2) is 0 Å². The lowest BCUT2D eigenvalue weighted by Gasteiger charge is -2.27. The fourth-order valence-corrected chi connectivity index (χ4v) is 2.54. The molecule has 3 nitrogen and oxygen atoms in total. The monoisotopic (exact) mass is 241 g/mol. The van der Waals surface area contributed by atoms with Gasteiger partial charge in [0, 0.05) is 0 Å². The van der Waals surface area contributed by atoms with Crippen molar-refractivity contribution >= 4 is 0 Å². The maximum absolute atomic E-state index is 3.20. The number of hydrogen-bond acceptors (Lipinski definition) is 3. The highest BCUT2D eigenvalue weighted by molar-refractivity contribution is 4.65. The molecule has 0 amide bonds. The van der Waals surface area contributed by atoms with Crippen molar-refractivity contribution in [3.05, 3.63) is 0 Å². The van der Waals surface area contributed by atoms with E-state index in [9.17, 15) is 0 Å². The van der Waals surface area contributed by atoms with Crippen LogP contribution in [0.2, 0.25) is 0 Å². The average molecular weight is 241 g/mol. The lowest BCUT2D eigenvalue weighted by Crippen LogP contribution is -2.32. The molecule has 0 unspecified atom stereocenters. The summed E-state index contributed by atoms with van der Waals surface area (Å²) in [5.74, 6) is 0. The summed E-state index contributed by atoms with van der Waals surface area (Å²) in [5, 5.41) is 3.20. The third-order valence-corrected chi connectivity index (χ3v) is 3.68. The van der Waals surface area contributed by atoms with Gasteiger partial charge >= 0.3 is 0 Å². The Morgan fingerprint density at radius 2 is 1.71 bits per heavy atom. The Balaban J connectivity index is 1.90. The molecule has 102 valence electrons. The molecule has 1 N–H and O–H groups in total.